The predicted octanol–water partition coefficient (Wildman–Crippen LogP) is 9.39. The lowest BCUT2D eigenvalue weighted by Crippen LogP contribution is -2.30. The summed E-state index contributed by atoms with van der Waals surface area (Å²) in [5.41, 5.74) is 0.116. The summed E-state index contributed by atoms with van der Waals surface area (Å²) >= 11 is 0. The summed E-state index contributed by atoms with van der Waals surface area (Å²) in [6.45, 7) is 0.909. The molecule has 0 atom stereocenters. The van der Waals surface area contributed by atoms with Gasteiger partial charge in [-0.05, 0) is 93.1 Å². The Bertz CT molecular complexity index is 2560. The maximum atomic E-state index is 12.9. The fourth-order valence-corrected chi connectivity index (χ4v) is 7.01. The first kappa shape index (κ1) is 48.6. The first-order chi connectivity index (χ1) is 32.2. The minimum absolute atomic E-state index is 0.144. The van der Waals surface area contributed by atoms with Gasteiger partial charge in [0.25, 0.3) is 0 Å². The number of unbranched alkanes of at least 4 members (excludes halogenated alkanes) is 9. The fourth-order valence-electron chi connectivity index (χ4n) is 7.01. The molecule has 6 aromatic rings. The lowest BCUT2D eigenvalue weighted by molar-refractivity contribution is -0.167. The van der Waals surface area contributed by atoms with E-state index in [4.69, 9.17) is 41.7 Å². The fraction of sp³-hybridized carbons (Fsp3) is 0.412. The van der Waals surface area contributed by atoms with Crippen molar-refractivity contribution in [1.82, 2.24) is 0 Å². The number of hydrogen-bond acceptors (Lipinski definition) is 15. The smallest absolute Gasteiger partial charge is 0.336 e. The van der Waals surface area contributed by atoms with Crippen LogP contribution in [0.25, 0.3) is 32.9 Å². The Labute approximate surface area is 380 Å². The summed E-state index contributed by atoms with van der Waals surface area (Å²) < 4.78 is 49.6. The van der Waals surface area contributed by atoms with E-state index in [9.17, 15) is 28.8 Å². The second kappa shape index (κ2) is 26.2. The van der Waals surface area contributed by atoms with Crippen LogP contribution >= 0.6 is 0 Å². The Morgan fingerprint density at radius 3 is 1.08 bits per heavy atom. The van der Waals surface area contributed by atoms with Gasteiger partial charge in [0.15, 0.2) is 6.10 Å². The van der Waals surface area contributed by atoms with E-state index in [1.807, 2.05) is 36.4 Å². The zero-order valence-corrected chi connectivity index (χ0v) is 37.0. The van der Waals surface area contributed by atoms with Crippen molar-refractivity contribution >= 4 is 50.8 Å². The number of hydrogen-bond donors (Lipinski definition) is 0. The zero-order chi connectivity index (χ0) is 46.4. The molecule has 3 heterocycles. The highest BCUT2D eigenvalue weighted by molar-refractivity contribution is 5.79. The largest absolute Gasteiger partial charge is 0.493 e. The lowest BCUT2D eigenvalue weighted by Gasteiger charge is -2.18. The highest BCUT2D eigenvalue weighted by atomic mass is 16.6. The van der Waals surface area contributed by atoms with Crippen LogP contribution in [0, 0.1) is 0 Å². The van der Waals surface area contributed by atoms with Crippen LogP contribution in [-0.2, 0) is 28.6 Å². The van der Waals surface area contributed by atoms with E-state index in [1.165, 1.54) is 18.2 Å². The molecule has 0 spiro atoms. The van der Waals surface area contributed by atoms with Crippen molar-refractivity contribution in [3.8, 4) is 17.2 Å². The Hall–Kier alpha value is -6.90. The molecule has 6 rings (SSSR count). The molecular formula is C51H56O15. The summed E-state index contributed by atoms with van der Waals surface area (Å²) in [5.74, 6) is 0.453. The molecule has 350 valence electrons. The molecule has 0 fully saturated rings. The van der Waals surface area contributed by atoms with E-state index in [0.717, 1.165) is 73.9 Å². The van der Waals surface area contributed by atoms with Gasteiger partial charge in [-0.15, -0.1) is 0 Å². The average molecular weight is 909 g/mol. The van der Waals surface area contributed by atoms with Crippen LogP contribution in [0.5, 0.6) is 17.2 Å². The molecular weight excluding hydrogens is 853 g/mol. The van der Waals surface area contributed by atoms with Gasteiger partial charge < -0.3 is 41.7 Å². The average Bonchev–Trinajstić information content (AvgIpc) is 3.31. The Morgan fingerprint density at radius 1 is 0.394 bits per heavy atom. The number of esters is 3. The molecule has 0 aliphatic rings. The van der Waals surface area contributed by atoms with Crippen molar-refractivity contribution in [3.05, 3.63) is 122 Å². The number of fused-ring (bicyclic) bond motifs is 3. The van der Waals surface area contributed by atoms with Crippen LogP contribution in [0.15, 0.2) is 119 Å². The number of ether oxygens (including phenoxy) is 6. The number of carbonyl (C=O) groups excluding carboxylic acids is 3. The van der Waals surface area contributed by atoms with E-state index in [-0.39, 0.29) is 32.5 Å². The summed E-state index contributed by atoms with van der Waals surface area (Å²) in [7, 11) is 0. The van der Waals surface area contributed by atoms with Crippen LogP contribution in [-0.4, -0.2) is 57.0 Å². The minimum atomic E-state index is -0.953. The van der Waals surface area contributed by atoms with Crippen molar-refractivity contribution < 1.29 is 56.1 Å². The molecule has 0 aliphatic heterocycles. The summed E-state index contributed by atoms with van der Waals surface area (Å²) in [6, 6.07) is 25.2. The number of carbonyl (C=O) groups is 3. The molecule has 0 saturated carbocycles. The number of benzene rings is 3. The molecule has 0 N–H and O–H groups in total. The molecule has 15 heteroatoms. The van der Waals surface area contributed by atoms with Crippen molar-refractivity contribution in [2.45, 2.75) is 102 Å². The first-order valence-corrected chi connectivity index (χ1v) is 22.7. The van der Waals surface area contributed by atoms with Gasteiger partial charge in [0.05, 0.1) is 19.8 Å². The van der Waals surface area contributed by atoms with E-state index in [1.54, 1.807) is 36.4 Å². The molecule has 0 amide bonds. The normalized spacial score (nSPS) is 11.2. The van der Waals surface area contributed by atoms with Gasteiger partial charge in [0.1, 0.15) is 47.2 Å². The monoisotopic (exact) mass is 908 g/mol. The summed E-state index contributed by atoms with van der Waals surface area (Å²) in [5, 5.41) is 2.42. The molecule has 3 aromatic carbocycles. The Kier molecular flexibility index (Phi) is 19.2. The Balaban J connectivity index is 0.852. The van der Waals surface area contributed by atoms with Crippen molar-refractivity contribution in [3.63, 3.8) is 0 Å². The SMILES string of the molecule is O=C(CCCCCCOc1ccc2ccc(=O)oc2c1)OCC(COC(=O)CCCCCCOc1ccc2ccc(=O)oc2c1)OC(=O)CCCCCCOc1ccc2ccc(=O)oc2c1. The molecule has 3 aromatic heterocycles. The van der Waals surface area contributed by atoms with E-state index < -0.39 is 40.9 Å². The summed E-state index contributed by atoms with van der Waals surface area (Å²) in [4.78, 5) is 72.7. The van der Waals surface area contributed by atoms with Gasteiger partial charge >= 0.3 is 34.8 Å². The standard InChI is InChI=1S/C51H56O15/c52-46(13-7-1-4-10-28-58-39-22-16-36-19-25-49(55)64-43(36)31-39)61-34-42(63-48(54)15-9-3-6-12-30-60-41-24-18-38-21-27-51(57)66-45(38)33-41)35-62-47(53)14-8-2-5-11-29-59-40-23-17-37-20-26-50(56)65-44(37)32-40/h16-27,31-33,42H,1-15,28-30,34-35H2. The third-order valence-corrected chi connectivity index (χ3v) is 10.6. The van der Waals surface area contributed by atoms with Crippen molar-refractivity contribution in [2.75, 3.05) is 33.0 Å². The number of rotatable bonds is 29. The van der Waals surface area contributed by atoms with E-state index in [0.29, 0.717) is 73.1 Å². The minimum Gasteiger partial charge on any atom is -0.493 e. The summed E-state index contributed by atoms with van der Waals surface area (Å²) in [6.07, 6.45) is 8.35. The zero-order valence-electron chi connectivity index (χ0n) is 37.0. The van der Waals surface area contributed by atoms with Crippen LogP contribution < -0.4 is 31.1 Å². The van der Waals surface area contributed by atoms with Gasteiger partial charge in [-0.25, -0.2) is 14.4 Å². The van der Waals surface area contributed by atoms with Crippen LogP contribution in [0.3, 0.4) is 0 Å². The van der Waals surface area contributed by atoms with Gasteiger partial charge in [0.2, 0.25) is 0 Å². The molecule has 0 saturated heterocycles. The van der Waals surface area contributed by atoms with Gasteiger partial charge in [0, 0.05) is 71.8 Å². The molecule has 0 bridgehead atoms. The highest BCUT2D eigenvalue weighted by Gasteiger charge is 2.20. The Morgan fingerprint density at radius 2 is 0.712 bits per heavy atom. The van der Waals surface area contributed by atoms with Crippen molar-refractivity contribution in [2.24, 2.45) is 0 Å². The maximum Gasteiger partial charge on any atom is 0.336 e. The van der Waals surface area contributed by atoms with E-state index >= 15 is 0 Å². The van der Waals surface area contributed by atoms with Crippen LogP contribution in [0.4, 0.5) is 0 Å². The van der Waals surface area contributed by atoms with E-state index in [2.05, 4.69) is 0 Å². The molecule has 0 aliphatic carbocycles. The maximum absolute atomic E-state index is 12.9. The van der Waals surface area contributed by atoms with Gasteiger partial charge in [-0.2, -0.15) is 0 Å². The second-order valence-electron chi connectivity index (χ2n) is 15.9. The van der Waals surface area contributed by atoms with Crippen LogP contribution in [0.1, 0.15) is 96.3 Å². The first-order valence-electron chi connectivity index (χ1n) is 22.7. The molecule has 0 unspecified atom stereocenters. The molecule has 0 radical (unpaired) electrons. The van der Waals surface area contributed by atoms with Gasteiger partial charge in [-0.3, -0.25) is 14.4 Å². The molecule has 66 heavy (non-hydrogen) atoms. The van der Waals surface area contributed by atoms with Gasteiger partial charge in [-0.1, -0.05) is 38.5 Å². The molecule has 15 nitrogen and oxygen atoms in total. The third-order valence-electron chi connectivity index (χ3n) is 10.6. The van der Waals surface area contributed by atoms with Crippen LogP contribution in [0.2, 0.25) is 0 Å². The third kappa shape index (κ3) is 16.9. The quantitative estimate of drug-likeness (QED) is 0.0187. The topological polar surface area (TPSA) is 197 Å². The van der Waals surface area contributed by atoms with Crippen molar-refractivity contribution in [1.29, 1.82) is 0 Å². The lowest BCUT2D eigenvalue weighted by atomic mass is 10.1. The highest BCUT2D eigenvalue weighted by Crippen LogP contribution is 2.22. The predicted molar refractivity (Wildman–Crippen MR) is 245 cm³/mol. The second-order valence-corrected chi connectivity index (χ2v) is 15.9.